The molecule has 162 valence electrons. The molecule has 0 aliphatic carbocycles. The predicted octanol–water partition coefficient (Wildman–Crippen LogP) is 6.10. The van der Waals surface area contributed by atoms with Gasteiger partial charge in [-0.05, 0) is 66.1 Å². The number of halogens is 2. The molecule has 0 radical (unpaired) electrons. The zero-order valence-corrected chi connectivity index (χ0v) is 18.7. The summed E-state index contributed by atoms with van der Waals surface area (Å²) >= 11 is 12.2. The highest BCUT2D eigenvalue weighted by atomic mass is 35.5. The second kappa shape index (κ2) is 10.5. The van der Waals surface area contributed by atoms with E-state index in [1.54, 1.807) is 31.4 Å². The molecule has 0 aromatic heterocycles. The van der Waals surface area contributed by atoms with E-state index < -0.39 is 5.97 Å². The molecular weight excluding hydrogens is 437 g/mol. The maximum absolute atomic E-state index is 11.4. The number of hydrogen-bond acceptors (Lipinski definition) is 4. The molecular formula is C24H23Cl2NO4. The van der Waals surface area contributed by atoms with Gasteiger partial charge in [0, 0.05) is 17.6 Å². The van der Waals surface area contributed by atoms with Crippen molar-refractivity contribution in [3.63, 3.8) is 0 Å². The first-order chi connectivity index (χ1) is 14.9. The Labute approximate surface area is 191 Å². The number of carboxylic acid groups (broad SMARTS) is 1. The van der Waals surface area contributed by atoms with E-state index in [9.17, 15) is 9.90 Å². The van der Waals surface area contributed by atoms with E-state index in [0.717, 1.165) is 16.9 Å². The first-order valence-electron chi connectivity index (χ1n) is 9.71. The Bertz CT molecular complexity index is 1070. The van der Waals surface area contributed by atoms with Crippen LogP contribution in [0.5, 0.6) is 11.5 Å². The zero-order valence-electron chi connectivity index (χ0n) is 17.2. The second-order valence-corrected chi connectivity index (χ2v) is 7.82. The fraction of sp³-hybridized carbons (Fsp3) is 0.208. The number of methoxy groups -OCH3 is 1. The number of rotatable bonds is 9. The van der Waals surface area contributed by atoms with Crippen molar-refractivity contribution in [2.24, 2.45) is 0 Å². The fourth-order valence-corrected chi connectivity index (χ4v) is 3.58. The van der Waals surface area contributed by atoms with Gasteiger partial charge in [0.2, 0.25) is 0 Å². The average molecular weight is 460 g/mol. The lowest BCUT2D eigenvalue weighted by molar-refractivity contribution is 0.0697. The maximum Gasteiger partial charge on any atom is 0.337 e. The first kappa shape index (κ1) is 22.9. The van der Waals surface area contributed by atoms with Gasteiger partial charge in [-0.2, -0.15) is 0 Å². The first-order valence-corrected chi connectivity index (χ1v) is 10.5. The van der Waals surface area contributed by atoms with Crippen LogP contribution in [-0.4, -0.2) is 31.3 Å². The average Bonchev–Trinajstić information content (AvgIpc) is 2.76. The monoisotopic (exact) mass is 459 g/mol. The highest BCUT2D eigenvalue weighted by Gasteiger charge is 2.12. The molecule has 2 N–H and O–H groups in total. The van der Waals surface area contributed by atoms with Crippen LogP contribution in [0.3, 0.4) is 0 Å². The van der Waals surface area contributed by atoms with Crippen LogP contribution in [0.25, 0.3) is 11.1 Å². The topological polar surface area (TPSA) is 67.8 Å². The molecule has 3 rings (SSSR count). The minimum absolute atomic E-state index is 0.0392. The lowest BCUT2D eigenvalue weighted by atomic mass is 10.0. The minimum atomic E-state index is -1.08. The van der Waals surface area contributed by atoms with E-state index in [4.69, 9.17) is 32.7 Å². The van der Waals surface area contributed by atoms with Gasteiger partial charge in [0.15, 0.2) is 0 Å². The van der Waals surface area contributed by atoms with Gasteiger partial charge >= 0.3 is 5.97 Å². The number of aromatic carboxylic acids is 1. The van der Waals surface area contributed by atoms with Gasteiger partial charge in [0.25, 0.3) is 0 Å². The summed E-state index contributed by atoms with van der Waals surface area (Å²) in [6, 6.07) is 18.2. The maximum atomic E-state index is 11.4. The van der Waals surface area contributed by atoms with Crippen molar-refractivity contribution in [2.45, 2.75) is 13.0 Å². The molecule has 0 heterocycles. The standard InChI is InChI=1S/C24H23Cl2NO4/c1-15(16-4-3-5-20(11-16)30-2)27-8-9-31-21-12-18(10-19(25)14-21)17-6-7-23(26)22(13-17)24(28)29/h3-7,10-15,27H,8-9H2,1-2H3,(H,28,29)/t15-/m1/s1. The van der Waals surface area contributed by atoms with Crippen molar-refractivity contribution in [2.75, 3.05) is 20.3 Å². The minimum Gasteiger partial charge on any atom is -0.497 e. The van der Waals surface area contributed by atoms with Crippen LogP contribution in [0.2, 0.25) is 10.0 Å². The number of carbonyl (C=O) groups is 1. The van der Waals surface area contributed by atoms with Crippen molar-refractivity contribution in [3.8, 4) is 22.6 Å². The summed E-state index contributed by atoms with van der Waals surface area (Å²) in [6.45, 7) is 3.15. The summed E-state index contributed by atoms with van der Waals surface area (Å²) in [6.07, 6.45) is 0. The van der Waals surface area contributed by atoms with E-state index >= 15 is 0 Å². The summed E-state index contributed by atoms with van der Waals surface area (Å²) < 4.78 is 11.1. The van der Waals surface area contributed by atoms with Crippen LogP contribution in [0.1, 0.15) is 28.9 Å². The summed E-state index contributed by atoms with van der Waals surface area (Å²) in [7, 11) is 1.65. The largest absolute Gasteiger partial charge is 0.497 e. The molecule has 0 bridgehead atoms. The Hall–Kier alpha value is -2.73. The number of ether oxygens (including phenoxy) is 2. The Balaban J connectivity index is 1.63. The lowest BCUT2D eigenvalue weighted by Gasteiger charge is -2.16. The van der Waals surface area contributed by atoms with Crippen molar-refractivity contribution >= 4 is 29.2 Å². The van der Waals surface area contributed by atoms with Crippen LogP contribution in [0.4, 0.5) is 0 Å². The highest BCUT2D eigenvalue weighted by Crippen LogP contribution is 2.31. The lowest BCUT2D eigenvalue weighted by Crippen LogP contribution is -2.24. The molecule has 31 heavy (non-hydrogen) atoms. The van der Waals surface area contributed by atoms with Crippen LogP contribution in [-0.2, 0) is 0 Å². The Kier molecular flexibility index (Phi) is 7.80. The van der Waals surface area contributed by atoms with Gasteiger partial charge in [0.05, 0.1) is 17.7 Å². The quantitative estimate of drug-likeness (QED) is 0.378. The SMILES string of the molecule is COc1cccc([C@@H](C)NCCOc2cc(Cl)cc(-c3ccc(Cl)c(C(=O)O)c3)c2)c1. The molecule has 3 aromatic rings. The van der Waals surface area contributed by atoms with Crippen LogP contribution in [0, 0.1) is 0 Å². The van der Waals surface area contributed by atoms with Gasteiger partial charge in [-0.3, -0.25) is 0 Å². The second-order valence-electron chi connectivity index (χ2n) is 6.98. The van der Waals surface area contributed by atoms with Gasteiger partial charge in [-0.1, -0.05) is 41.4 Å². The third-order valence-electron chi connectivity index (χ3n) is 4.82. The Morgan fingerprint density at radius 2 is 1.84 bits per heavy atom. The molecule has 0 fully saturated rings. The molecule has 0 aliphatic rings. The predicted molar refractivity (Wildman–Crippen MR) is 124 cm³/mol. The summed E-state index contributed by atoms with van der Waals surface area (Å²) in [5.41, 5.74) is 2.61. The van der Waals surface area contributed by atoms with Crippen LogP contribution < -0.4 is 14.8 Å². The molecule has 0 spiro atoms. The Morgan fingerprint density at radius 3 is 2.58 bits per heavy atom. The number of carboxylic acids is 1. The van der Waals surface area contributed by atoms with E-state index in [1.165, 1.54) is 6.07 Å². The summed E-state index contributed by atoms with van der Waals surface area (Å²) in [5, 5.41) is 13.4. The fourth-order valence-electron chi connectivity index (χ4n) is 3.15. The van der Waals surface area contributed by atoms with Gasteiger partial charge in [0.1, 0.15) is 18.1 Å². The summed E-state index contributed by atoms with van der Waals surface area (Å²) in [4.78, 5) is 11.4. The highest BCUT2D eigenvalue weighted by molar-refractivity contribution is 6.33. The third kappa shape index (κ3) is 6.14. The number of nitrogens with one attached hydrogen (secondary N) is 1. The Morgan fingerprint density at radius 1 is 1.03 bits per heavy atom. The smallest absolute Gasteiger partial charge is 0.337 e. The van der Waals surface area contributed by atoms with Crippen molar-refractivity contribution in [3.05, 3.63) is 81.8 Å². The number of hydrogen-bond donors (Lipinski definition) is 2. The van der Waals surface area contributed by atoms with E-state index in [2.05, 4.69) is 12.2 Å². The normalized spacial score (nSPS) is 11.7. The molecule has 1 atom stereocenters. The van der Waals surface area contributed by atoms with Gasteiger partial charge in [-0.25, -0.2) is 4.79 Å². The molecule has 0 unspecified atom stereocenters. The molecule has 0 saturated heterocycles. The van der Waals surface area contributed by atoms with E-state index in [0.29, 0.717) is 29.5 Å². The van der Waals surface area contributed by atoms with Crippen molar-refractivity contribution in [1.29, 1.82) is 0 Å². The van der Waals surface area contributed by atoms with Gasteiger partial charge in [-0.15, -0.1) is 0 Å². The van der Waals surface area contributed by atoms with E-state index in [-0.39, 0.29) is 16.6 Å². The number of benzene rings is 3. The summed E-state index contributed by atoms with van der Waals surface area (Å²) in [5.74, 6) is 0.342. The van der Waals surface area contributed by atoms with Crippen molar-refractivity contribution < 1.29 is 19.4 Å². The van der Waals surface area contributed by atoms with Crippen LogP contribution in [0.15, 0.2) is 60.7 Å². The molecule has 0 saturated carbocycles. The molecule has 7 heteroatoms. The van der Waals surface area contributed by atoms with E-state index in [1.807, 2.05) is 30.3 Å². The molecule has 0 amide bonds. The van der Waals surface area contributed by atoms with Crippen LogP contribution >= 0.6 is 23.2 Å². The van der Waals surface area contributed by atoms with Gasteiger partial charge < -0.3 is 19.9 Å². The third-order valence-corrected chi connectivity index (χ3v) is 5.36. The van der Waals surface area contributed by atoms with Crippen molar-refractivity contribution in [1.82, 2.24) is 5.32 Å². The molecule has 3 aromatic carbocycles. The molecule has 5 nitrogen and oxygen atoms in total. The zero-order chi connectivity index (χ0) is 22.4. The molecule has 0 aliphatic heterocycles.